The Hall–Kier alpha value is -0.610. The van der Waals surface area contributed by atoms with Crippen LogP contribution in [0, 0.1) is 5.92 Å². The Balaban J connectivity index is 1.79. The first-order valence-electron chi connectivity index (χ1n) is 6.28. The van der Waals surface area contributed by atoms with Gasteiger partial charge in [0, 0.05) is 19.5 Å². The van der Waals surface area contributed by atoms with Crippen LogP contribution in [0.3, 0.4) is 0 Å². The molecule has 0 aliphatic carbocycles. The summed E-state index contributed by atoms with van der Waals surface area (Å²) >= 11 is 0. The van der Waals surface area contributed by atoms with Gasteiger partial charge in [0.25, 0.3) is 0 Å². The first kappa shape index (κ1) is 11.9. The van der Waals surface area contributed by atoms with Gasteiger partial charge in [-0.3, -0.25) is 4.79 Å². The third kappa shape index (κ3) is 2.95. The molecule has 2 N–H and O–H groups in total. The molecular weight excluding hydrogens is 204 g/mol. The Morgan fingerprint density at radius 3 is 2.75 bits per heavy atom. The van der Waals surface area contributed by atoms with Crippen molar-refractivity contribution in [3.8, 4) is 0 Å². The molecule has 4 heteroatoms. The standard InChI is InChI=1S/C12H22N2O2/c1-12(16)4-7-14(9-12)11(15)8-10-2-5-13-6-3-10/h10,13,16H,2-9H2,1H3. The summed E-state index contributed by atoms with van der Waals surface area (Å²) in [5.41, 5.74) is -0.663. The zero-order valence-corrected chi connectivity index (χ0v) is 10.0. The van der Waals surface area contributed by atoms with E-state index in [-0.39, 0.29) is 5.91 Å². The van der Waals surface area contributed by atoms with Crippen LogP contribution in [0.1, 0.15) is 32.6 Å². The van der Waals surface area contributed by atoms with Gasteiger partial charge in [-0.1, -0.05) is 0 Å². The van der Waals surface area contributed by atoms with Crippen molar-refractivity contribution in [2.24, 2.45) is 5.92 Å². The molecule has 16 heavy (non-hydrogen) atoms. The minimum Gasteiger partial charge on any atom is -0.388 e. The molecule has 0 aromatic carbocycles. The van der Waals surface area contributed by atoms with Crippen LogP contribution < -0.4 is 5.32 Å². The molecule has 1 unspecified atom stereocenters. The number of aliphatic hydroxyl groups is 1. The quantitative estimate of drug-likeness (QED) is 0.715. The summed E-state index contributed by atoms with van der Waals surface area (Å²) in [5, 5.41) is 13.1. The summed E-state index contributed by atoms with van der Waals surface area (Å²) in [6.45, 7) is 5.11. The predicted octanol–water partition coefficient (Wildman–Crippen LogP) is 0.359. The molecule has 1 atom stereocenters. The van der Waals surface area contributed by atoms with Crippen LogP contribution in [0.15, 0.2) is 0 Å². The lowest BCUT2D eigenvalue weighted by molar-refractivity contribution is -0.132. The number of hydrogen-bond donors (Lipinski definition) is 2. The van der Waals surface area contributed by atoms with Crippen molar-refractivity contribution in [1.82, 2.24) is 10.2 Å². The van der Waals surface area contributed by atoms with Gasteiger partial charge in [-0.2, -0.15) is 0 Å². The van der Waals surface area contributed by atoms with Crippen LogP contribution in [0.4, 0.5) is 0 Å². The van der Waals surface area contributed by atoms with Crippen LogP contribution >= 0.6 is 0 Å². The molecule has 2 heterocycles. The van der Waals surface area contributed by atoms with E-state index < -0.39 is 5.60 Å². The topological polar surface area (TPSA) is 52.6 Å². The smallest absolute Gasteiger partial charge is 0.222 e. The Morgan fingerprint density at radius 1 is 1.50 bits per heavy atom. The second-order valence-corrected chi connectivity index (χ2v) is 5.46. The fourth-order valence-corrected chi connectivity index (χ4v) is 2.62. The Morgan fingerprint density at radius 2 is 2.19 bits per heavy atom. The molecule has 0 spiro atoms. The fraction of sp³-hybridized carbons (Fsp3) is 0.917. The zero-order chi connectivity index (χ0) is 11.6. The summed E-state index contributed by atoms with van der Waals surface area (Å²) in [4.78, 5) is 13.8. The zero-order valence-electron chi connectivity index (χ0n) is 10.0. The molecule has 1 amide bonds. The van der Waals surface area contributed by atoms with Crippen molar-refractivity contribution in [3.63, 3.8) is 0 Å². The largest absolute Gasteiger partial charge is 0.388 e. The lowest BCUT2D eigenvalue weighted by atomic mass is 9.94. The van der Waals surface area contributed by atoms with Crippen molar-refractivity contribution in [3.05, 3.63) is 0 Å². The second-order valence-electron chi connectivity index (χ2n) is 5.46. The van der Waals surface area contributed by atoms with E-state index in [1.165, 1.54) is 0 Å². The predicted molar refractivity (Wildman–Crippen MR) is 62.0 cm³/mol. The van der Waals surface area contributed by atoms with E-state index >= 15 is 0 Å². The number of rotatable bonds is 2. The van der Waals surface area contributed by atoms with Gasteiger partial charge in [0.05, 0.1) is 5.60 Å². The van der Waals surface area contributed by atoms with Crippen molar-refractivity contribution in [2.75, 3.05) is 26.2 Å². The van der Waals surface area contributed by atoms with Gasteiger partial charge < -0.3 is 15.3 Å². The maximum Gasteiger partial charge on any atom is 0.222 e. The number of piperidine rings is 1. The Bertz CT molecular complexity index is 260. The average molecular weight is 226 g/mol. The third-order valence-electron chi connectivity index (χ3n) is 3.73. The van der Waals surface area contributed by atoms with E-state index in [2.05, 4.69) is 5.32 Å². The molecule has 4 nitrogen and oxygen atoms in total. The van der Waals surface area contributed by atoms with E-state index in [1.807, 2.05) is 11.8 Å². The van der Waals surface area contributed by atoms with Gasteiger partial charge in [-0.15, -0.1) is 0 Å². The van der Waals surface area contributed by atoms with E-state index in [9.17, 15) is 9.90 Å². The highest BCUT2D eigenvalue weighted by Gasteiger charge is 2.34. The number of nitrogens with zero attached hydrogens (tertiary/aromatic N) is 1. The van der Waals surface area contributed by atoms with E-state index in [1.54, 1.807) is 0 Å². The highest BCUT2D eigenvalue weighted by molar-refractivity contribution is 5.76. The fourth-order valence-electron chi connectivity index (χ4n) is 2.62. The molecule has 2 aliphatic heterocycles. The second kappa shape index (κ2) is 4.72. The van der Waals surface area contributed by atoms with Crippen molar-refractivity contribution >= 4 is 5.91 Å². The molecule has 2 fully saturated rings. The molecule has 0 aromatic heterocycles. The van der Waals surface area contributed by atoms with Crippen LogP contribution in [0.2, 0.25) is 0 Å². The number of nitrogens with one attached hydrogen (secondary N) is 1. The third-order valence-corrected chi connectivity index (χ3v) is 3.73. The number of hydrogen-bond acceptors (Lipinski definition) is 3. The van der Waals surface area contributed by atoms with E-state index in [0.29, 0.717) is 25.3 Å². The number of amides is 1. The van der Waals surface area contributed by atoms with Crippen LogP contribution in [-0.4, -0.2) is 47.7 Å². The number of carbonyl (C=O) groups is 1. The molecule has 2 aliphatic rings. The van der Waals surface area contributed by atoms with Crippen LogP contribution in [-0.2, 0) is 4.79 Å². The van der Waals surface area contributed by atoms with Gasteiger partial charge in [0.2, 0.25) is 5.91 Å². The number of carbonyl (C=O) groups excluding carboxylic acids is 1. The van der Waals surface area contributed by atoms with Gasteiger partial charge in [-0.05, 0) is 45.2 Å². The lowest BCUT2D eigenvalue weighted by Crippen LogP contribution is -2.36. The van der Waals surface area contributed by atoms with E-state index in [4.69, 9.17) is 0 Å². The first-order valence-corrected chi connectivity index (χ1v) is 6.28. The van der Waals surface area contributed by atoms with Crippen LogP contribution in [0.5, 0.6) is 0 Å². The highest BCUT2D eigenvalue weighted by Crippen LogP contribution is 2.23. The number of β-amino-alcohol motifs (C(OH)–C–C–N with tert-alkyl or cyclic N) is 1. The van der Waals surface area contributed by atoms with Crippen molar-refractivity contribution < 1.29 is 9.90 Å². The molecule has 0 bridgehead atoms. The maximum absolute atomic E-state index is 12.0. The van der Waals surface area contributed by atoms with Gasteiger partial charge in [-0.25, -0.2) is 0 Å². The lowest BCUT2D eigenvalue weighted by Gasteiger charge is -2.25. The van der Waals surface area contributed by atoms with Gasteiger partial charge in [0.15, 0.2) is 0 Å². The summed E-state index contributed by atoms with van der Waals surface area (Å²) in [7, 11) is 0. The van der Waals surface area contributed by atoms with Crippen molar-refractivity contribution in [1.29, 1.82) is 0 Å². The SMILES string of the molecule is CC1(O)CCN(C(=O)CC2CCNCC2)C1. The summed E-state index contributed by atoms with van der Waals surface area (Å²) in [6, 6.07) is 0. The monoisotopic (exact) mass is 226 g/mol. The summed E-state index contributed by atoms with van der Waals surface area (Å²) < 4.78 is 0. The summed E-state index contributed by atoms with van der Waals surface area (Å²) in [6.07, 6.45) is 3.59. The molecule has 92 valence electrons. The molecule has 0 aromatic rings. The molecule has 0 radical (unpaired) electrons. The normalized spacial score (nSPS) is 32.0. The minimum atomic E-state index is -0.663. The highest BCUT2D eigenvalue weighted by atomic mass is 16.3. The van der Waals surface area contributed by atoms with E-state index in [0.717, 1.165) is 32.5 Å². The molecule has 2 saturated heterocycles. The average Bonchev–Trinajstić information content (AvgIpc) is 2.60. The first-order chi connectivity index (χ1) is 7.57. The molecule has 0 saturated carbocycles. The summed E-state index contributed by atoms with van der Waals surface area (Å²) in [5.74, 6) is 0.768. The molecular formula is C12H22N2O2. The number of likely N-dealkylation sites (tertiary alicyclic amines) is 1. The minimum absolute atomic E-state index is 0.227. The maximum atomic E-state index is 12.0. The molecule has 2 rings (SSSR count). The Labute approximate surface area is 97.0 Å². The van der Waals surface area contributed by atoms with Gasteiger partial charge >= 0.3 is 0 Å². The van der Waals surface area contributed by atoms with Crippen LogP contribution in [0.25, 0.3) is 0 Å². The Kier molecular flexibility index (Phi) is 3.50. The van der Waals surface area contributed by atoms with Gasteiger partial charge in [0.1, 0.15) is 0 Å². The van der Waals surface area contributed by atoms with Crippen molar-refractivity contribution in [2.45, 2.75) is 38.2 Å².